The second kappa shape index (κ2) is 8.55. The van der Waals surface area contributed by atoms with Gasteiger partial charge in [0, 0.05) is 10.8 Å². The first-order valence-electron chi connectivity index (χ1n) is 12.1. The highest BCUT2D eigenvalue weighted by molar-refractivity contribution is 6.15. The molecule has 4 nitrogen and oxygen atoms in total. The van der Waals surface area contributed by atoms with Crippen LogP contribution in [0.4, 0.5) is 0 Å². The predicted octanol–water partition coefficient (Wildman–Crippen LogP) is 8.70. The summed E-state index contributed by atoms with van der Waals surface area (Å²) in [6, 6.07) is 12.2. The molecule has 0 saturated heterocycles. The van der Waals surface area contributed by atoms with Gasteiger partial charge in [-0.1, -0.05) is 24.3 Å². The minimum absolute atomic E-state index is 0.371. The average molecular weight is 467 g/mol. The van der Waals surface area contributed by atoms with Crippen molar-refractivity contribution >= 4 is 21.5 Å². The van der Waals surface area contributed by atoms with E-state index in [2.05, 4.69) is 95.2 Å². The summed E-state index contributed by atoms with van der Waals surface area (Å²) in [7, 11) is 0. The first-order chi connectivity index (χ1) is 15.3. The fraction of sp³-hybridized carbons (Fsp3) is 0.533. The lowest BCUT2D eigenvalue weighted by Gasteiger charge is -2.31. The van der Waals surface area contributed by atoms with E-state index >= 15 is 0 Å². The molecular formula is C30H42O4. The molecule has 0 unspecified atom stereocenters. The minimum atomic E-state index is -0.415. The monoisotopic (exact) mass is 466 g/mol. The summed E-state index contributed by atoms with van der Waals surface area (Å²) in [5.41, 5.74) is -1.57. The maximum Gasteiger partial charge on any atom is 0.139 e. The molecule has 0 radical (unpaired) electrons. The van der Waals surface area contributed by atoms with Crippen molar-refractivity contribution in [3.8, 4) is 23.0 Å². The standard InChI is InChI=1S/C30H42O4/c1-27(2,3)31-21-17-13-15-19-23(21)25(33-29(7,8)9)20-16-14-18-22(32-28(4,5)6)24(20)26(19)34-30(10,11)12/h13-18H,1-12H3. The molecule has 0 aliphatic rings. The van der Waals surface area contributed by atoms with Gasteiger partial charge in [0.1, 0.15) is 45.4 Å². The number of ether oxygens (including phenoxy) is 4. The normalized spacial score (nSPS) is 13.3. The number of hydrogen-bond acceptors (Lipinski definition) is 4. The molecule has 3 aromatic carbocycles. The Hall–Kier alpha value is -2.62. The van der Waals surface area contributed by atoms with Gasteiger partial charge in [-0.2, -0.15) is 0 Å². The summed E-state index contributed by atoms with van der Waals surface area (Å²) in [6.45, 7) is 24.7. The Balaban J connectivity index is 2.57. The van der Waals surface area contributed by atoms with Gasteiger partial charge in [-0.3, -0.25) is 0 Å². The summed E-state index contributed by atoms with van der Waals surface area (Å²) in [4.78, 5) is 0. The highest BCUT2D eigenvalue weighted by atomic mass is 16.5. The maximum absolute atomic E-state index is 6.66. The Bertz CT molecular complexity index is 1080. The maximum atomic E-state index is 6.66. The molecule has 0 saturated carbocycles. The molecule has 3 rings (SSSR count). The van der Waals surface area contributed by atoms with Crippen LogP contribution >= 0.6 is 0 Å². The fourth-order valence-corrected chi connectivity index (χ4v) is 3.83. The molecule has 186 valence electrons. The van der Waals surface area contributed by atoms with Gasteiger partial charge in [0.2, 0.25) is 0 Å². The third-order valence-corrected chi connectivity index (χ3v) is 4.64. The molecule has 0 fully saturated rings. The Labute approximate surface area is 205 Å². The van der Waals surface area contributed by atoms with Gasteiger partial charge in [0.05, 0.1) is 10.8 Å². The van der Waals surface area contributed by atoms with Crippen molar-refractivity contribution < 1.29 is 18.9 Å². The van der Waals surface area contributed by atoms with Crippen LogP contribution in [0.1, 0.15) is 83.1 Å². The molecule has 0 amide bonds. The van der Waals surface area contributed by atoms with E-state index < -0.39 is 11.2 Å². The smallest absolute Gasteiger partial charge is 0.139 e. The summed E-state index contributed by atoms with van der Waals surface area (Å²) in [5.74, 6) is 3.09. The van der Waals surface area contributed by atoms with Crippen LogP contribution in [0, 0.1) is 0 Å². The van der Waals surface area contributed by atoms with Crippen LogP contribution in [0.2, 0.25) is 0 Å². The first-order valence-corrected chi connectivity index (χ1v) is 12.1. The second-order valence-corrected chi connectivity index (χ2v) is 12.9. The Morgan fingerprint density at radius 2 is 0.706 bits per heavy atom. The highest BCUT2D eigenvalue weighted by Gasteiger charge is 2.29. The Morgan fingerprint density at radius 3 is 0.971 bits per heavy atom. The quantitative estimate of drug-likeness (QED) is 0.360. The van der Waals surface area contributed by atoms with E-state index in [9.17, 15) is 0 Å². The lowest BCUT2D eigenvalue weighted by molar-refractivity contribution is 0.123. The van der Waals surface area contributed by atoms with Crippen molar-refractivity contribution in [2.24, 2.45) is 0 Å². The lowest BCUT2D eigenvalue weighted by atomic mass is 9.97. The molecule has 0 atom stereocenters. The van der Waals surface area contributed by atoms with Crippen molar-refractivity contribution in [1.82, 2.24) is 0 Å². The zero-order valence-electron chi connectivity index (χ0n) is 23.1. The number of hydrogen-bond donors (Lipinski definition) is 0. The van der Waals surface area contributed by atoms with Gasteiger partial charge in [-0.05, 0) is 95.2 Å². The second-order valence-electron chi connectivity index (χ2n) is 12.9. The van der Waals surface area contributed by atoms with Gasteiger partial charge in [-0.25, -0.2) is 0 Å². The SMILES string of the molecule is CC(C)(C)Oc1cccc2c(OC(C)(C)C)c3c(OC(C)(C)C)cccc3c(OC(C)(C)C)c12. The molecule has 0 aliphatic heterocycles. The zero-order valence-corrected chi connectivity index (χ0v) is 23.1. The van der Waals surface area contributed by atoms with E-state index in [1.807, 2.05) is 24.3 Å². The van der Waals surface area contributed by atoms with E-state index in [1.54, 1.807) is 0 Å². The summed E-state index contributed by atoms with van der Waals surface area (Å²) in [6.07, 6.45) is 0. The molecule has 0 bridgehead atoms. The van der Waals surface area contributed by atoms with Gasteiger partial charge < -0.3 is 18.9 Å². The molecule has 0 spiro atoms. The average Bonchev–Trinajstić information content (AvgIpc) is 2.60. The van der Waals surface area contributed by atoms with E-state index in [4.69, 9.17) is 18.9 Å². The van der Waals surface area contributed by atoms with Crippen molar-refractivity contribution in [2.45, 2.75) is 105 Å². The molecule has 0 aromatic heterocycles. The molecule has 0 N–H and O–H groups in total. The number of fused-ring (bicyclic) bond motifs is 2. The molecule has 0 aliphatic carbocycles. The van der Waals surface area contributed by atoms with Crippen LogP contribution in [-0.2, 0) is 0 Å². The largest absolute Gasteiger partial charge is 0.487 e. The van der Waals surface area contributed by atoms with E-state index in [1.165, 1.54) is 0 Å². The number of rotatable bonds is 4. The van der Waals surface area contributed by atoms with Gasteiger partial charge in [-0.15, -0.1) is 0 Å². The van der Waals surface area contributed by atoms with E-state index in [-0.39, 0.29) is 11.2 Å². The Kier molecular flexibility index (Phi) is 6.54. The Morgan fingerprint density at radius 1 is 0.412 bits per heavy atom. The highest BCUT2D eigenvalue weighted by Crippen LogP contribution is 2.51. The van der Waals surface area contributed by atoms with Crippen molar-refractivity contribution in [2.75, 3.05) is 0 Å². The first kappa shape index (κ1) is 26.0. The summed E-state index contributed by atoms with van der Waals surface area (Å²) >= 11 is 0. The fourth-order valence-electron chi connectivity index (χ4n) is 3.83. The van der Waals surface area contributed by atoms with Crippen molar-refractivity contribution in [3.63, 3.8) is 0 Å². The van der Waals surface area contributed by atoms with Gasteiger partial charge in [0.15, 0.2) is 0 Å². The number of benzene rings is 3. The van der Waals surface area contributed by atoms with Crippen LogP contribution in [0.25, 0.3) is 21.5 Å². The lowest BCUT2D eigenvalue weighted by Crippen LogP contribution is -2.26. The zero-order chi connectivity index (χ0) is 25.7. The van der Waals surface area contributed by atoms with E-state index in [0.717, 1.165) is 44.5 Å². The molecule has 4 heteroatoms. The summed E-state index contributed by atoms with van der Waals surface area (Å²) in [5, 5.41) is 3.70. The molecule has 0 heterocycles. The van der Waals surface area contributed by atoms with Crippen LogP contribution in [0.3, 0.4) is 0 Å². The van der Waals surface area contributed by atoms with Gasteiger partial charge in [0.25, 0.3) is 0 Å². The van der Waals surface area contributed by atoms with Gasteiger partial charge >= 0.3 is 0 Å². The van der Waals surface area contributed by atoms with Crippen molar-refractivity contribution in [1.29, 1.82) is 0 Å². The minimum Gasteiger partial charge on any atom is -0.487 e. The summed E-state index contributed by atoms with van der Waals surface area (Å²) < 4.78 is 26.2. The van der Waals surface area contributed by atoms with Crippen LogP contribution < -0.4 is 18.9 Å². The third-order valence-electron chi connectivity index (χ3n) is 4.64. The molecule has 3 aromatic rings. The molecule has 34 heavy (non-hydrogen) atoms. The van der Waals surface area contributed by atoms with Crippen molar-refractivity contribution in [3.05, 3.63) is 36.4 Å². The van der Waals surface area contributed by atoms with Crippen LogP contribution in [0.5, 0.6) is 23.0 Å². The predicted molar refractivity (Wildman–Crippen MR) is 143 cm³/mol. The molecular weight excluding hydrogens is 424 g/mol. The van der Waals surface area contributed by atoms with E-state index in [0.29, 0.717) is 0 Å². The van der Waals surface area contributed by atoms with Crippen LogP contribution in [-0.4, -0.2) is 22.4 Å². The van der Waals surface area contributed by atoms with Crippen LogP contribution in [0.15, 0.2) is 36.4 Å². The third kappa shape index (κ3) is 6.28. The topological polar surface area (TPSA) is 36.9 Å².